The first-order valence-electron chi connectivity index (χ1n) is 5.10. The van der Waals surface area contributed by atoms with Gasteiger partial charge in [-0.3, -0.25) is 0 Å². The molecule has 0 aliphatic carbocycles. The summed E-state index contributed by atoms with van der Waals surface area (Å²) in [6, 6.07) is 6.94. The first-order valence-corrected chi connectivity index (χ1v) is 5.10. The number of benzene rings is 1. The lowest BCUT2D eigenvalue weighted by atomic mass is 10.2. The minimum atomic E-state index is -0.486. The lowest BCUT2D eigenvalue weighted by Gasteiger charge is -2.13. The molecule has 16 heavy (non-hydrogen) atoms. The Labute approximate surface area is 95.0 Å². The van der Waals surface area contributed by atoms with Crippen molar-refractivity contribution in [3.8, 4) is 17.6 Å². The summed E-state index contributed by atoms with van der Waals surface area (Å²) in [7, 11) is 1.51. The van der Waals surface area contributed by atoms with Crippen molar-refractivity contribution in [3.05, 3.63) is 23.8 Å². The normalized spacial score (nSPS) is 11.6. The van der Waals surface area contributed by atoms with Crippen molar-refractivity contribution in [2.45, 2.75) is 19.4 Å². The van der Waals surface area contributed by atoms with E-state index in [1.165, 1.54) is 7.11 Å². The summed E-state index contributed by atoms with van der Waals surface area (Å²) in [5, 5.41) is 18.1. The molecule has 0 aromatic heterocycles. The topological polar surface area (TPSA) is 62.5 Å². The maximum absolute atomic E-state index is 9.37. The third-order valence-corrected chi connectivity index (χ3v) is 2.20. The second-order valence-corrected chi connectivity index (χ2v) is 3.35. The largest absolute Gasteiger partial charge is 0.493 e. The van der Waals surface area contributed by atoms with Gasteiger partial charge in [-0.05, 0) is 18.6 Å². The average molecular weight is 221 g/mol. The quantitative estimate of drug-likeness (QED) is 0.822. The predicted molar refractivity (Wildman–Crippen MR) is 59.5 cm³/mol. The summed E-state index contributed by atoms with van der Waals surface area (Å²) in [5.41, 5.74) is 0.514. The number of ether oxygens (including phenoxy) is 2. The summed E-state index contributed by atoms with van der Waals surface area (Å²) in [6.07, 6.45) is 0.152. The van der Waals surface area contributed by atoms with Crippen LogP contribution in [0.1, 0.15) is 18.9 Å². The van der Waals surface area contributed by atoms with Crippen LogP contribution < -0.4 is 9.47 Å². The van der Waals surface area contributed by atoms with Gasteiger partial charge >= 0.3 is 0 Å². The molecule has 0 radical (unpaired) electrons. The molecule has 4 nitrogen and oxygen atoms in total. The van der Waals surface area contributed by atoms with Crippen LogP contribution in [0.2, 0.25) is 0 Å². The highest BCUT2D eigenvalue weighted by Gasteiger charge is 2.08. The molecule has 0 bridgehead atoms. The zero-order valence-corrected chi connectivity index (χ0v) is 9.43. The number of hydrogen-bond donors (Lipinski definition) is 1. The molecule has 0 saturated carbocycles. The average Bonchev–Trinajstić information content (AvgIpc) is 2.35. The van der Waals surface area contributed by atoms with Gasteiger partial charge in [-0.1, -0.05) is 6.92 Å². The molecule has 86 valence electrons. The molecule has 0 spiro atoms. The fourth-order valence-electron chi connectivity index (χ4n) is 1.16. The first kappa shape index (κ1) is 12.3. The van der Waals surface area contributed by atoms with Gasteiger partial charge in [0.1, 0.15) is 6.61 Å². The Morgan fingerprint density at radius 2 is 2.19 bits per heavy atom. The van der Waals surface area contributed by atoms with Crippen LogP contribution in [0.3, 0.4) is 0 Å². The molecule has 0 amide bonds. The third-order valence-electron chi connectivity index (χ3n) is 2.20. The Morgan fingerprint density at radius 1 is 1.44 bits per heavy atom. The zero-order valence-electron chi connectivity index (χ0n) is 9.43. The molecule has 1 aromatic rings. The Balaban J connectivity index is 2.76. The van der Waals surface area contributed by atoms with Gasteiger partial charge in [0.05, 0.1) is 24.8 Å². The highest BCUT2D eigenvalue weighted by molar-refractivity contribution is 5.46. The molecule has 0 aliphatic heterocycles. The van der Waals surface area contributed by atoms with Crippen molar-refractivity contribution < 1.29 is 14.6 Å². The summed E-state index contributed by atoms with van der Waals surface area (Å²) < 4.78 is 10.5. The molecule has 4 heteroatoms. The fourth-order valence-corrected chi connectivity index (χ4v) is 1.16. The van der Waals surface area contributed by atoms with Gasteiger partial charge < -0.3 is 14.6 Å². The van der Waals surface area contributed by atoms with E-state index >= 15 is 0 Å². The number of aliphatic hydroxyl groups excluding tert-OH is 1. The van der Waals surface area contributed by atoms with Crippen LogP contribution in [0.5, 0.6) is 11.5 Å². The molecule has 1 rings (SSSR count). The maximum Gasteiger partial charge on any atom is 0.162 e. The van der Waals surface area contributed by atoms with Crippen LogP contribution in [-0.2, 0) is 0 Å². The molecule has 1 unspecified atom stereocenters. The molecule has 1 atom stereocenters. The molecule has 1 aromatic carbocycles. The fraction of sp³-hybridized carbons (Fsp3) is 0.417. The van der Waals surface area contributed by atoms with Gasteiger partial charge in [0.2, 0.25) is 0 Å². The standard InChI is InChI=1S/C12H15NO3/c1-3-10(14)8-16-11-5-4-9(7-13)6-12(11)15-2/h4-6,10,14H,3,8H2,1-2H3. The van der Waals surface area contributed by atoms with Gasteiger partial charge in [0.25, 0.3) is 0 Å². The van der Waals surface area contributed by atoms with E-state index in [4.69, 9.17) is 14.7 Å². The van der Waals surface area contributed by atoms with E-state index in [1.807, 2.05) is 13.0 Å². The molecular weight excluding hydrogens is 206 g/mol. The molecule has 0 saturated heterocycles. The molecule has 0 heterocycles. The first-order chi connectivity index (χ1) is 7.71. The van der Waals surface area contributed by atoms with Gasteiger partial charge in [0.15, 0.2) is 11.5 Å². The molecule has 0 fully saturated rings. The Bertz CT molecular complexity index is 384. The van der Waals surface area contributed by atoms with Crippen LogP contribution in [0.4, 0.5) is 0 Å². The Kier molecular flexibility index (Phi) is 4.62. The Morgan fingerprint density at radius 3 is 2.75 bits per heavy atom. The molecule has 1 N–H and O–H groups in total. The van der Waals surface area contributed by atoms with Crippen molar-refractivity contribution in [3.63, 3.8) is 0 Å². The van der Waals surface area contributed by atoms with Crippen LogP contribution in [-0.4, -0.2) is 24.9 Å². The highest BCUT2D eigenvalue weighted by Crippen LogP contribution is 2.27. The third kappa shape index (κ3) is 3.14. The molecular formula is C12H15NO3. The number of rotatable bonds is 5. The minimum Gasteiger partial charge on any atom is -0.493 e. The van der Waals surface area contributed by atoms with Crippen molar-refractivity contribution in [2.24, 2.45) is 0 Å². The summed E-state index contributed by atoms with van der Waals surface area (Å²) >= 11 is 0. The number of nitriles is 1. The monoisotopic (exact) mass is 221 g/mol. The highest BCUT2D eigenvalue weighted by atomic mass is 16.5. The predicted octanol–water partition coefficient (Wildman–Crippen LogP) is 1.72. The van der Waals surface area contributed by atoms with E-state index in [-0.39, 0.29) is 6.61 Å². The summed E-state index contributed by atoms with van der Waals surface area (Å²) in [5.74, 6) is 1.04. The van der Waals surface area contributed by atoms with E-state index in [0.29, 0.717) is 23.5 Å². The maximum atomic E-state index is 9.37. The van der Waals surface area contributed by atoms with E-state index in [2.05, 4.69) is 0 Å². The van der Waals surface area contributed by atoms with E-state index < -0.39 is 6.10 Å². The van der Waals surface area contributed by atoms with Crippen molar-refractivity contribution in [1.29, 1.82) is 5.26 Å². The van der Waals surface area contributed by atoms with E-state index in [1.54, 1.807) is 18.2 Å². The molecule has 0 aliphatic rings. The van der Waals surface area contributed by atoms with Gasteiger partial charge in [-0.2, -0.15) is 5.26 Å². The van der Waals surface area contributed by atoms with Crippen LogP contribution in [0, 0.1) is 11.3 Å². The number of hydrogen-bond acceptors (Lipinski definition) is 4. The van der Waals surface area contributed by atoms with Gasteiger partial charge in [0, 0.05) is 6.07 Å². The van der Waals surface area contributed by atoms with Crippen molar-refractivity contribution >= 4 is 0 Å². The van der Waals surface area contributed by atoms with E-state index in [9.17, 15) is 5.11 Å². The van der Waals surface area contributed by atoms with Crippen molar-refractivity contribution in [2.75, 3.05) is 13.7 Å². The van der Waals surface area contributed by atoms with Crippen LogP contribution >= 0.6 is 0 Å². The summed E-state index contributed by atoms with van der Waals surface area (Å²) in [4.78, 5) is 0. The van der Waals surface area contributed by atoms with Gasteiger partial charge in [-0.25, -0.2) is 0 Å². The second-order valence-electron chi connectivity index (χ2n) is 3.35. The van der Waals surface area contributed by atoms with Crippen molar-refractivity contribution in [1.82, 2.24) is 0 Å². The SMILES string of the molecule is CCC(O)COc1ccc(C#N)cc1OC. The smallest absolute Gasteiger partial charge is 0.162 e. The van der Waals surface area contributed by atoms with Crippen LogP contribution in [0.15, 0.2) is 18.2 Å². The Hall–Kier alpha value is -1.73. The summed E-state index contributed by atoms with van der Waals surface area (Å²) in [6.45, 7) is 2.10. The lowest BCUT2D eigenvalue weighted by molar-refractivity contribution is 0.102. The number of aliphatic hydroxyl groups is 1. The zero-order chi connectivity index (χ0) is 12.0. The minimum absolute atomic E-state index is 0.221. The van der Waals surface area contributed by atoms with Gasteiger partial charge in [-0.15, -0.1) is 0 Å². The van der Waals surface area contributed by atoms with E-state index in [0.717, 1.165) is 0 Å². The number of methoxy groups -OCH3 is 1. The lowest BCUT2D eigenvalue weighted by Crippen LogP contribution is -2.16. The van der Waals surface area contributed by atoms with Crippen LogP contribution in [0.25, 0.3) is 0 Å². The number of nitrogens with zero attached hydrogens (tertiary/aromatic N) is 1. The second kappa shape index (κ2) is 5.99.